The molecule has 0 aromatic rings. The number of Topliss-reactive ketones (excluding diaryl/α,β-unsaturated/α-hetero) is 1. The lowest BCUT2D eigenvalue weighted by atomic mass is 9.89. The smallest absolute Gasteiger partial charge is 0.133 e. The molecule has 0 atom stereocenters. The third-order valence-electron chi connectivity index (χ3n) is 2.71. The van der Waals surface area contributed by atoms with E-state index in [9.17, 15) is 4.79 Å². The molecular formula is C8H14N2O. The van der Waals surface area contributed by atoms with Crippen LogP contribution in [0.5, 0.6) is 0 Å². The number of carbonyl (C=O) groups excluding carboxylic acids is 1. The third-order valence-corrected chi connectivity index (χ3v) is 2.71. The molecule has 1 saturated carbocycles. The molecule has 2 rings (SSSR count). The summed E-state index contributed by atoms with van der Waals surface area (Å²) in [4.78, 5) is 10.9. The van der Waals surface area contributed by atoms with E-state index in [1.807, 2.05) is 0 Å². The van der Waals surface area contributed by atoms with Crippen LogP contribution in [0.15, 0.2) is 0 Å². The maximum atomic E-state index is 10.9. The quantitative estimate of drug-likeness (QED) is 0.517. The summed E-state index contributed by atoms with van der Waals surface area (Å²) in [7, 11) is 0. The van der Waals surface area contributed by atoms with E-state index < -0.39 is 0 Å². The van der Waals surface area contributed by atoms with E-state index in [1.54, 1.807) is 0 Å². The molecule has 1 heterocycles. The first-order valence-corrected chi connectivity index (χ1v) is 4.33. The van der Waals surface area contributed by atoms with Gasteiger partial charge in [-0.1, -0.05) is 0 Å². The fourth-order valence-corrected chi connectivity index (χ4v) is 1.98. The van der Waals surface area contributed by atoms with E-state index >= 15 is 0 Å². The van der Waals surface area contributed by atoms with Crippen LogP contribution in [0.4, 0.5) is 0 Å². The Hall–Kier alpha value is -0.410. The predicted octanol–water partition coefficient (Wildman–Crippen LogP) is 0.0186. The Morgan fingerprint density at radius 1 is 1.09 bits per heavy atom. The molecule has 1 saturated heterocycles. The molecule has 2 fully saturated rings. The fourth-order valence-electron chi connectivity index (χ4n) is 1.98. The van der Waals surface area contributed by atoms with Crippen LogP contribution in [-0.2, 0) is 4.79 Å². The van der Waals surface area contributed by atoms with E-state index in [0.717, 1.165) is 38.8 Å². The molecule has 0 amide bonds. The maximum absolute atomic E-state index is 10.9. The molecule has 0 aromatic heterocycles. The maximum Gasteiger partial charge on any atom is 0.133 e. The predicted molar refractivity (Wildman–Crippen MR) is 42.2 cm³/mol. The van der Waals surface area contributed by atoms with Crippen molar-refractivity contribution in [2.45, 2.75) is 31.3 Å². The van der Waals surface area contributed by atoms with Crippen molar-refractivity contribution in [3.8, 4) is 0 Å². The van der Waals surface area contributed by atoms with Gasteiger partial charge in [-0.05, 0) is 12.8 Å². The number of nitrogens with one attached hydrogen (secondary N) is 2. The molecule has 3 nitrogen and oxygen atoms in total. The molecule has 0 aromatic carbocycles. The third kappa shape index (κ3) is 1.30. The second-order valence-electron chi connectivity index (χ2n) is 3.47. The molecule has 3 heteroatoms. The Morgan fingerprint density at radius 3 is 2.18 bits per heavy atom. The van der Waals surface area contributed by atoms with Crippen LogP contribution in [0, 0.1) is 0 Å². The average Bonchev–Trinajstić information content (AvgIpc) is 2.45. The highest BCUT2D eigenvalue weighted by atomic mass is 16.1. The average molecular weight is 154 g/mol. The van der Waals surface area contributed by atoms with E-state index in [1.165, 1.54) is 0 Å². The zero-order valence-electron chi connectivity index (χ0n) is 6.65. The minimum absolute atomic E-state index is 0.133. The first kappa shape index (κ1) is 7.25. The van der Waals surface area contributed by atoms with Crippen molar-refractivity contribution in [1.82, 2.24) is 10.6 Å². The van der Waals surface area contributed by atoms with Crippen molar-refractivity contribution >= 4 is 5.78 Å². The van der Waals surface area contributed by atoms with Gasteiger partial charge in [0, 0.05) is 25.9 Å². The molecule has 0 bridgehead atoms. The van der Waals surface area contributed by atoms with Gasteiger partial charge < -0.3 is 0 Å². The van der Waals surface area contributed by atoms with Gasteiger partial charge in [-0.25, -0.2) is 0 Å². The van der Waals surface area contributed by atoms with Crippen LogP contribution in [0.3, 0.4) is 0 Å². The highest BCUT2D eigenvalue weighted by molar-refractivity contribution is 5.79. The van der Waals surface area contributed by atoms with Gasteiger partial charge in [-0.15, -0.1) is 0 Å². The summed E-state index contributed by atoms with van der Waals surface area (Å²) in [6, 6.07) is 0. The van der Waals surface area contributed by atoms with Gasteiger partial charge in [0.15, 0.2) is 0 Å². The van der Waals surface area contributed by atoms with Gasteiger partial charge in [-0.3, -0.25) is 15.4 Å². The topological polar surface area (TPSA) is 41.1 Å². The van der Waals surface area contributed by atoms with Crippen LogP contribution < -0.4 is 10.6 Å². The van der Waals surface area contributed by atoms with Gasteiger partial charge >= 0.3 is 0 Å². The van der Waals surface area contributed by atoms with Crippen molar-refractivity contribution in [1.29, 1.82) is 0 Å². The highest BCUT2D eigenvalue weighted by Gasteiger charge is 2.36. The van der Waals surface area contributed by atoms with Gasteiger partial charge in [-0.2, -0.15) is 0 Å². The van der Waals surface area contributed by atoms with Gasteiger partial charge in [0.25, 0.3) is 0 Å². The summed E-state index contributed by atoms with van der Waals surface area (Å²) in [5.41, 5.74) is 0.133. The van der Waals surface area contributed by atoms with Crippen LogP contribution in [0.1, 0.15) is 25.7 Å². The van der Waals surface area contributed by atoms with E-state index in [0.29, 0.717) is 5.78 Å². The lowest BCUT2D eigenvalue weighted by molar-refractivity contribution is -0.121. The standard InChI is InChI=1S/C8H14N2O/c11-7-1-3-8(4-2-7)9-5-6-10-8/h9-10H,1-6H2. The van der Waals surface area contributed by atoms with Crippen molar-refractivity contribution in [2.24, 2.45) is 0 Å². The summed E-state index contributed by atoms with van der Waals surface area (Å²) in [6.45, 7) is 2.10. The summed E-state index contributed by atoms with van der Waals surface area (Å²) in [5.74, 6) is 0.422. The Morgan fingerprint density at radius 2 is 1.64 bits per heavy atom. The number of ketones is 1. The van der Waals surface area contributed by atoms with Crippen molar-refractivity contribution in [3.63, 3.8) is 0 Å². The fraction of sp³-hybridized carbons (Fsp3) is 0.875. The molecule has 0 unspecified atom stereocenters. The van der Waals surface area contributed by atoms with E-state index in [4.69, 9.17) is 0 Å². The Kier molecular flexibility index (Phi) is 1.69. The minimum Gasteiger partial charge on any atom is -0.300 e. The summed E-state index contributed by atoms with van der Waals surface area (Å²) >= 11 is 0. The number of hydrogen-bond acceptors (Lipinski definition) is 3. The molecule has 11 heavy (non-hydrogen) atoms. The number of hydrogen-bond donors (Lipinski definition) is 2. The molecule has 62 valence electrons. The van der Waals surface area contributed by atoms with Crippen LogP contribution in [0.25, 0.3) is 0 Å². The van der Waals surface area contributed by atoms with Crippen molar-refractivity contribution in [3.05, 3.63) is 0 Å². The summed E-state index contributed by atoms with van der Waals surface area (Å²) < 4.78 is 0. The first-order chi connectivity index (χ1) is 5.31. The van der Waals surface area contributed by atoms with Crippen LogP contribution in [0.2, 0.25) is 0 Å². The van der Waals surface area contributed by atoms with Crippen molar-refractivity contribution < 1.29 is 4.79 Å². The SMILES string of the molecule is O=C1CCC2(CC1)NCCN2. The lowest BCUT2D eigenvalue weighted by Crippen LogP contribution is -2.51. The summed E-state index contributed by atoms with van der Waals surface area (Å²) in [5, 5.41) is 6.86. The zero-order chi connectivity index (χ0) is 7.73. The second-order valence-corrected chi connectivity index (χ2v) is 3.47. The molecule has 1 aliphatic heterocycles. The Labute approximate surface area is 66.5 Å². The largest absolute Gasteiger partial charge is 0.300 e. The van der Waals surface area contributed by atoms with Gasteiger partial charge in [0.05, 0.1) is 5.66 Å². The normalized spacial score (nSPS) is 29.6. The monoisotopic (exact) mass is 154 g/mol. The Balaban J connectivity index is 1.99. The first-order valence-electron chi connectivity index (χ1n) is 4.33. The second kappa shape index (κ2) is 2.57. The lowest BCUT2D eigenvalue weighted by Gasteiger charge is -2.33. The molecular weight excluding hydrogens is 140 g/mol. The van der Waals surface area contributed by atoms with Crippen LogP contribution >= 0.6 is 0 Å². The molecule has 2 aliphatic rings. The molecule has 0 radical (unpaired) electrons. The van der Waals surface area contributed by atoms with Gasteiger partial charge in [0.1, 0.15) is 5.78 Å². The molecule has 2 N–H and O–H groups in total. The summed E-state index contributed by atoms with van der Waals surface area (Å²) in [6.07, 6.45) is 3.46. The van der Waals surface area contributed by atoms with Crippen LogP contribution in [-0.4, -0.2) is 24.5 Å². The molecule has 1 aliphatic carbocycles. The number of rotatable bonds is 0. The van der Waals surface area contributed by atoms with Gasteiger partial charge in [0.2, 0.25) is 0 Å². The number of carbonyl (C=O) groups is 1. The van der Waals surface area contributed by atoms with E-state index in [2.05, 4.69) is 10.6 Å². The van der Waals surface area contributed by atoms with E-state index in [-0.39, 0.29) is 5.66 Å². The zero-order valence-corrected chi connectivity index (χ0v) is 6.65. The highest BCUT2D eigenvalue weighted by Crippen LogP contribution is 2.25. The Bertz CT molecular complexity index is 161. The minimum atomic E-state index is 0.133. The molecule has 1 spiro atoms. The van der Waals surface area contributed by atoms with Crippen molar-refractivity contribution in [2.75, 3.05) is 13.1 Å².